The molecule has 0 radical (unpaired) electrons. The van der Waals surface area contributed by atoms with Crippen molar-refractivity contribution in [3.05, 3.63) is 59.7 Å². The fourth-order valence-electron chi connectivity index (χ4n) is 2.30. The van der Waals surface area contributed by atoms with E-state index in [0.717, 1.165) is 11.1 Å². The van der Waals surface area contributed by atoms with Gasteiger partial charge in [-0.3, -0.25) is 9.59 Å². The van der Waals surface area contributed by atoms with Crippen molar-refractivity contribution in [1.29, 1.82) is 0 Å². The molecular formula is C18H20N2O2. The Morgan fingerprint density at radius 2 is 1.73 bits per heavy atom. The van der Waals surface area contributed by atoms with Crippen LogP contribution in [-0.4, -0.2) is 18.4 Å². The summed E-state index contributed by atoms with van der Waals surface area (Å²) in [5.74, 6) is -1.19. The molecule has 4 heteroatoms. The molecule has 0 aliphatic carbocycles. The predicted octanol–water partition coefficient (Wildman–Crippen LogP) is 3.30. The average molecular weight is 296 g/mol. The first-order valence-electron chi connectivity index (χ1n) is 7.28. The van der Waals surface area contributed by atoms with E-state index in [-0.39, 0.29) is 0 Å². The summed E-state index contributed by atoms with van der Waals surface area (Å²) in [6.07, 6.45) is 0. The van der Waals surface area contributed by atoms with Crippen LogP contribution in [0.3, 0.4) is 0 Å². The van der Waals surface area contributed by atoms with E-state index in [0.29, 0.717) is 17.9 Å². The molecule has 0 saturated carbocycles. The van der Waals surface area contributed by atoms with Crippen LogP contribution in [-0.2, 0) is 9.59 Å². The van der Waals surface area contributed by atoms with Crippen LogP contribution in [0, 0.1) is 13.8 Å². The number of anilines is 2. The van der Waals surface area contributed by atoms with Gasteiger partial charge in [-0.05, 0) is 44.5 Å². The molecule has 0 spiro atoms. The van der Waals surface area contributed by atoms with Crippen LogP contribution in [0.15, 0.2) is 48.5 Å². The van der Waals surface area contributed by atoms with Crippen molar-refractivity contribution in [3.8, 4) is 0 Å². The Morgan fingerprint density at radius 1 is 1.05 bits per heavy atom. The molecule has 0 atom stereocenters. The number of hydrogen-bond acceptors (Lipinski definition) is 2. The van der Waals surface area contributed by atoms with Gasteiger partial charge in [0.2, 0.25) is 0 Å². The molecule has 0 aromatic heterocycles. The highest BCUT2D eigenvalue weighted by Crippen LogP contribution is 2.17. The van der Waals surface area contributed by atoms with Crippen molar-refractivity contribution in [3.63, 3.8) is 0 Å². The maximum absolute atomic E-state index is 12.4. The Kier molecular flexibility index (Phi) is 4.94. The van der Waals surface area contributed by atoms with Gasteiger partial charge in [0.1, 0.15) is 0 Å². The fourth-order valence-corrected chi connectivity index (χ4v) is 2.30. The second-order valence-corrected chi connectivity index (χ2v) is 5.16. The third-order valence-electron chi connectivity index (χ3n) is 3.45. The van der Waals surface area contributed by atoms with E-state index < -0.39 is 11.8 Å². The minimum absolute atomic E-state index is 0.434. The van der Waals surface area contributed by atoms with Gasteiger partial charge >= 0.3 is 11.8 Å². The number of nitrogens with zero attached hydrogens (tertiary/aromatic N) is 1. The van der Waals surface area contributed by atoms with Crippen LogP contribution in [0.2, 0.25) is 0 Å². The minimum atomic E-state index is -0.627. The second kappa shape index (κ2) is 6.89. The number of aryl methyl sites for hydroxylation is 2. The van der Waals surface area contributed by atoms with Crippen LogP contribution in [0.5, 0.6) is 0 Å². The molecule has 0 saturated heterocycles. The highest BCUT2D eigenvalue weighted by molar-refractivity contribution is 6.44. The van der Waals surface area contributed by atoms with Crippen molar-refractivity contribution in [2.75, 3.05) is 16.8 Å². The van der Waals surface area contributed by atoms with Crippen LogP contribution >= 0.6 is 0 Å². The van der Waals surface area contributed by atoms with Crippen molar-refractivity contribution < 1.29 is 9.59 Å². The van der Waals surface area contributed by atoms with Gasteiger partial charge in [0.05, 0.1) is 0 Å². The normalized spacial score (nSPS) is 10.1. The van der Waals surface area contributed by atoms with Crippen LogP contribution in [0.25, 0.3) is 0 Å². The summed E-state index contributed by atoms with van der Waals surface area (Å²) in [5.41, 5.74) is 3.42. The van der Waals surface area contributed by atoms with Gasteiger partial charge in [0.25, 0.3) is 0 Å². The van der Waals surface area contributed by atoms with Gasteiger partial charge in [0.15, 0.2) is 0 Å². The number of nitrogens with one attached hydrogen (secondary N) is 1. The largest absolute Gasteiger partial charge is 0.318 e. The van der Waals surface area contributed by atoms with E-state index in [9.17, 15) is 9.59 Å². The number of carbonyl (C=O) groups is 2. The molecule has 1 N–H and O–H groups in total. The third-order valence-corrected chi connectivity index (χ3v) is 3.45. The molecule has 0 aliphatic heterocycles. The summed E-state index contributed by atoms with van der Waals surface area (Å²) in [5, 5.41) is 2.69. The third kappa shape index (κ3) is 3.52. The molecule has 4 nitrogen and oxygen atoms in total. The Bertz CT molecular complexity index is 681. The van der Waals surface area contributed by atoms with Crippen LogP contribution in [0.4, 0.5) is 11.4 Å². The number of benzene rings is 2. The fraction of sp³-hybridized carbons (Fsp3) is 0.222. The molecule has 0 bridgehead atoms. The van der Waals surface area contributed by atoms with Crippen molar-refractivity contribution >= 4 is 23.2 Å². The summed E-state index contributed by atoms with van der Waals surface area (Å²) in [4.78, 5) is 26.0. The van der Waals surface area contributed by atoms with Crippen molar-refractivity contribution in [2.24, 2.45) is 0 Å². The van der Waals surface area contributed by atoms with E-state index in [1.807, 2.05) is 69.3 Å². The van der Waals surface area contributed by atoms with Gasteiger partial charge in [-0.1, -0.05) is 35.9 Å². The molecule has 2 aromatic carbocycles. The van der Waals surface area contributed by atoms with Crippen LogP contribution < -0.4 is 10.2 Å². The summed E-state index contributed by atoms with van der Waals surface area (Å²) >= 11 is 0. The molecule has 0 unspecified atom stereocenters. The Hall–Kier alpha value is -2.62. The van der Waals surface area contributed by atoms with Gasteiger partial charge in [0, 0.05) is 17.9 Å². The molecule has 2 aromatic rings. The number of rotatable bonds is 3. The van der Waals surface area contributed by atoms with E-state index >= 15 is 0 Å². The minimum Gasteiger partial charge on any atom is -0.318 e. The number of amides is 2. The lowest BCUT2D eigenvalue weighted by Crippen LogP contribution is -2.39. The van der Waals surface area contributed by atoms with Crippen molar-refractivity contribution in [1.82, 2.24) is 0 Å². The lowest BCUT2D eigenvalue weighted by atomic mass is 10.1. The summed E-state index contributed by atoms with van der Waals surface area (Å²) in [6, 6.07) is 14.9. The lowest BCUT2D eigenvalue weighted by molar-refractivity contribution is -0.134. The number of likely N-dealkylation sites (N-methyl/N-ethyl adjacent to an activating group) is 1. The monoisotopic (exact) mass is 296 g/mol. The number of hydrogen-bond donors (Lipinski definition) is 1. The van der Waals surface area contributed by atoms with Gasteiger partial charge in [-0.25, -0.2) is 0 Å². The first-order valence-corrected chi connectivity index (χ1v) is 7.28. The topological polar surface area (TPSA) is 49.4 Å². The number of carbonyl (C=O) groups excluding carboxylic acids is 2. The predicted molar refractivity (Wildman–Crippen MR) is 89.0 cm³/mol. The smallest absolute Gasteiger partial charge is 0.316 e. The Labute approximate surface area is 130 Å². The zero-order valence-electron chi connectivity index (χ0n) is 13.1. The van der Waals surface area contributed by atoms with E-state index in [2.05, 4.69) is 5.32 Å². The molecule has 2 rings (SSSR count). The summed E-state index contributed by atoms with van der Waals surface area (Å²) in [7, 11) is 0. The maximum atomic E-state index is 12.4. The molecule has 0 aliphatic rings. The summed E-state index contributed by atoms with van der Waals surface area (Å²) < 4.78 is 0. The van der Waals surface area contributed by atoms with Gasteiger partial charge in [-0.15, -0.1) is 0 Å². The number of para-hydroxylation sites is 1. The van der Waals surface area contributed by atoms with Crippen molar-refractivity contribution in [2.45, 2.75) is 20.8 Å². The second-order valence-electron chi connectivity index (χ2n) is 5.16. The van der Waals surface area contributed by atoms with E-state index in [1.165, 1.54) is 4.90 Å². The molecule has 0 heterocycles. The molecule has 0 fully saturated rings. The summed E-state index contributed by atoms with van der Waals surface area (Å²) in [6.45, 7) is 6.16. The quantitative estimate of drug-likeness (QED) is 0.884. The SMILES string of the molecule is CCN(C(=O)C(=O)Nc1ccc(C)cc1C)c1ccccc1. The first-order chi connectivity index (χ1) is 10.5. The molecular weight excluding hydrogens is 276 g/mol. The Balaban J connectivity index is 2.16. The standard InChI is InChI=1S/C18H20N2O2/c1-4-20(15-8-6-5-7-9-15)18(22)17(21)19-16-11-10-13(2)12-14(16)3/h5-12H,4H2,1-3H3,(H,19,21). The molecule has 114 valence electrons. The van der Waals surface area contributed by atoms with E-state index in [4.69, 9.17) is 0 Å². The molecule has 22 heavy (non-hydrogen) atoms. The van der Waals surface area contributed by atoms with Crippen LogP contribution in [0.1, 0.15) is 18.1 Å². The van der Waals surface area contributed by atoms with E-state index in [1.54, 1.807) is 0 Å². The highest BCUT2D eigenvalue weighted by Gasteiger charge is 2.22. The lowest BCUT2D eigenvalue weighted by Gasteiger charge is -2.20. The highest BCUT2D eigenvalue weighted by atomic mass is 16.2. The van der Waals surface area contributed by atoms with Gasteiger partial charge < -0.3 is 10.2 Å². The first kappa shape index (κ1) is 15.8. The Morgan fingerprint density at radius 3 is 2.32 bits per heavy atom. The zero-order valence-corrected chi connectivity index (χ0v) is 13.1. The average Bonchev–Trinajstić information content (AvgIpc) is 2.51. The maximum Gasteiger partial charge on any atom is 0.316 e. The molecule has 2 amide bonds. The zero-order chi connectivity index (χ0) is 16.1. The van der Waals surface area contributed by atoms with Gasteiger partial charge in [-0.2, -0.15) is 0 Å².